The Morgan fingerprint density at radius 3 is 1.25 bits per heavy atom. The molecule has 0 saturated carbocycles. The molecule has 4 heavy (non-hydrogen) atoms. The second kappa shape index (κ2) is 11.3. The molecule has 0 aromatic rings. The monoisotopic (exact) mass is 95.9 g/mol. The van der Waals surface area contributed by atoms with Crippen molar-refractivity contribution in [2.24, 2.45) is 0 Å². The van der Waals surface area contributed by atoms with Crippen LogP contribution in [-0.2, 0) is 8.92 Å². The Kier molecular flexibility index (Phi) is 25.1. The average Bonchev–Trinajstić information content (AvgIpc) is 0.918. The smallest absolute Gasteiger partial charge is 0.274 e. The highest BCUT2D eigenvalue weighted by atomic mass is 35.5. The van der Waals surface area contributed by atoms with Crippen LogP contribution >= 0.6 is 12.4 Å². The quantitative estimate of drug-likeness (QED) is 0.392. The van der Waals surface area contributed by atoms with Gasteiger partial charge in [0.05, 0.1) is 0 Å². The van der Waals surface area contributed by atoms with Crippen molar-refractivity contribution >= 4 is 21.7 Å². The van der Waals surface area contributed by atoms with Crippen molar-refractivity contribution in [3.8, 4) is 0 Å². The summed E-state index contributed by atoms with van der Waals surface area (Å²) in [6.07, 6.45) is 0. The van der Waals surface area contributed by atoms with E-state index in [4.69, 9.17) is 8.92 Å². The number of rotatable bonds is 0. The van der Waals surface area contributed by atoms with Crippen LogP contribution in [-0.4, -0.2) is 9.29 Å². The lowest BCUT2D eigenvalue weighted by Gasteiger charge is -0.944. The molecule has 0 fully saturated rings. The van der Waals surface area contributed by atoms with E-state index in [2.05, 4.69) is 0 Å². The van der Waals surface area contributed by atoms with E-state index in [1.165, 1.54) is 0 Å². The van der Waals surface area contributed by atoms with Crippen molar-refractivity contribution in [1.29, 1.82) is 0 Å². The fourth-order valence-electron chi connectivity index (χ4n) is 0. The molecule has 0 aliphatic heterocycles. The first-order chi connectivity index (χ1) is 1.41. The summed E-state index contributed by atoms with van der Waals surface area (Å²) in [5, 5.41) is 0. The molecule has 0 rings (SSSR count). The molecule has 0 aromatic carbocycles. The highest BCUT2D eigenvalue weighted by molar-refractivity contribution is 5.94. The molecule has 0 heterocycles. The predicted molar refractivity (Wildman–Crippen MR) is 14.4 cm³/mol. The van der Waals surface area contributed by atoms with Crippen molar-refractivity contribution < 1.29 is 8.92 Å². The highest BCUT2D eigenvalue weighted by Crippen LogP contribution is 0.759. The van der Waals surface area contributed by atoms with Gasteiger partial charge in [0, 0.05) is 0 Å². The van der Waals surface area contributed by atoms with Gasteiger partial charge in [-0.15, -0.1) is 12.4 Å². The predicted octanol–water partition coefficient (Wildman–Crippen LogP) is -0.197. The number of halogens is 1. The van der Waals surface area contributed by atoms with Crippen LogP contribution in [0.5, 0.6) is 0 Å². The highest BCUT2D eigenvalue weighted by Gasteiger charge is 1.22. The van der Waals surface area contributed by atoms with Gasteiger partial charge in [0.1, 0.15) is 0 Å². The first-order valence-electron chi connectivity index (χ1n) is 0.408. The van der Waals surface area contributed by atoms with E-state index >= 15 is 0 Å². The molecule has 0 amide bonds. The molecule has 0 spiro atoms. The van der Waals surface area contributed by atoms with Crippen molar-refractivity contribution in [3.63, 3.8) is 0 Å². The molecule has 0 atom stereocenters. The van der Waals surface area contributed by atoms with Gasteiger partial charge in [0.15, 0.2) is 0 Å². The zero-order chi connectivity index (χ0) is 2.71. The molecule has 0 aromatic heterocycles. The van der Waals surface area contributed by atoms with Gasteiger partial charge >= 0.3 is 9.29 Å². The lowest BCUT2D eigenvalue weighted by molar-refractivity contribution is 0.497. The van der Waals surface area contributed by atoms with Crippen molar-refractivity contribution in [3.05, 3.63) is 0 Å². The third kappa shape index (κ3) is 226. The molecule has 0 saturated heterocycles. The summed E-state index contributed by atoms with van der Waals surface area (Å²) in [6, 6.07) is 0. The molecule has 0 aliphatic rings. The fraction of sp³-hybridized carbons (Fsp3) is 0. The Labute approximate surface area is 31.6 Å². The zero-order valence-corrected chi connectivity index (χ0v) is 3.54. The maximum Gasteiger partial charge on any atom is 0.549 e. The molecule has 0 bridgehead atoms. The lowest BCUT2D eigenvalue weighted by Crippen LogP contribution is -1.26. The Bertz CT molecular complexity index is 27.0. The van der Waals surface area contributed by atoms with Crippen molar-refractivity contribution in [2.45, 2.75) is 0 Å². The largest absolute Gasteiger partial charge is 0.549 e. The van der Waals surface area contributed by atoms with Crippen molar-refractivity contribution in [2.75, 3.05) is 0 Å². The summed E-state index contributed by atoms with van der Waals surface area (Å²) < 4.78 is 16.8. The SMILES string of the molecule is Cl.O=[Si]=O. The van der Waals surface area contributed by atoms with Gasteiger partial charge < -0.3 is 0 Å². The third-order valence-corrected chi connectivity index (χ3v) is 0. The van der Waals surface area contributed by atoms with E-state index in [9.17, 15) is 0 Å². The molecule has 0 N–H and O–H groups in total. The lowest BCUT2D eigenvalue weighted by atomic mass is 15.9. The topological polar surface area (TPSA) is 34.1 Å². The van der Waals surface area contributed by atoms with Crippen molar-refractivity contribution in [1.82, 2.24) is 0 Å². The number of hydrogen-bond acceptors (Lipinski definition) is 2. The summed E-state index contributed by atoms with van der Waals surface area (Å²) >= 11 is 0. The van der Waals surface area contributed by atoms with E-state index < -0.39 is 9.29 Å². The standard InChI is InChI=1S/ClH.O2Si/c;1-3-2/h1H;. The summed E-state index contributed by atoms with van der Waals surface area (Å²) in [5.41, 5.74) is 0. The van der Waals surface area contributed by atoms with Crippen LogP contribution in [0, 0.1) is 0 Å². The summed E-state index contributed by atoms with van der Waals surface area (Å²) in [5.74, 6) is 0. The zero-order valence-electron chi connectivity index (χ0n) is 1.72. The fourth-order valence-corrected chi connectivity index (χ4v) is 0. The molecule has 0 unspecified atom stereocenters. The first kappa shape index (κ1) is 8.93. The van der Waals surface area contributed by atoms with Crippen LogP contribution in [0.15, 0.2) is 0 Å². The Hall–Kier alpha value is 0.107. The van der Waals surface area contributed by atoms with Crippen LogP contribution in [0.25, 0.3) is 0 Å². The molecular formula is HClO2Si. The normalized spacial score (nSPS) is 2.00. The Morgan fingerprint density at radius 1 is 1.25 bits per heavy atom. The van der Waals surface area contributed by atoms with Gasteiger partial charge in [0.2, 0.25) is 0 Å². The van der Waals surface area contributed by atoms with Gasteiger partial charge in [-0.05, 0) is 0 Å². The van der Waals surface area contributed by atoms with Crippen LogP contribution < -0.4 is 0 Å². The van der Waals surface area contributed by atoms with Gasteiger partial charge in [-0.3, -0.25) is 8.92 Å². The summed E-state index contributed by atoms with van der Waals surface area (Å²) in [7, 11) is -1.42. The molecule has 4 heteroatoms. The molecule has 0 aliphatic carbocycles. The molecule has 2 nitrogen and oxygen atoms in total. The minimum atomic E-state index is -1.42. The maximum atomic E-state index is 8.40. The van der Waals surface area contributed by atoms with Crippen LogP contribution in [0.1, 0.15) is 0 Å². The van der Waals surface area contributed by atoms with E-state index in [1.54, 1.807) is 0 Å². The third-order valence-electron chi connectivity index (χ3n) is 0. The van der Waals surface area contributed by atoms with Crippen LogP contribution in [0.2, 0.25) is 0 Å². The van der Waals surface area contributed by atoms with E-state index in [0.717, 1.165) is 0 Å². The van der Waals surface area contributed by atoms with E-state index in [0.29, 0.717) is 0 Å². The van der Waals surface area contributed by atoms with Crippen LogP contribution in [0.4, 0.5) is 0 Å². The summed E-state index contributed by atoms with van der Waals surface area (Å²) in [4.78, 5) is 0. The maximum absolute atomic E-state index is 8.40. The average molecular weight is 96.5 g/mol. The van der Waals surface area contributed by atoms with Gasteiger partial charge in [-0.2, -0.15) is 0 Å². The van der Waals surface area contributed by atoms with Gasteiger partial charge in [-0.1, -0.05) is 0 Å². The number of hydrogen-bond donors (Lipinski definition) is 0. The first-order valence-corrected chi connectivity index (χ1v) is 1.22. The van der Waals surface area contributed by atoms with Gasteiger partial charge in [-0.25, -0.2) is 0 Å². The minimum absolute atomic E-state index is 0. The second-order valence-electron chi connectivity index (χ2n) is 0.0833. The Morgan fingerprint density at radius 2 is 1.25 bits per heavy atom. The molecule has 24 valence electrons. The molecule has 0 radical (unpaired) electrons. The molecular weight excluding hydrogens is 95.5 g/mol. The van der Waals surface area contributed by atoms with Gasteiger partial charge in [0.25, 0.3) is 0 Å². The van der Waals surface area contributed by atoms with E-state index in [-0.39, 0.29) is 12.4 Å². The van der Waals surface area contributed by atoms with Crippen LogP contribution in [0.3, 0.4) is 0 Å². The summed E-state index contributed by atoms with van der Waals surface area (Å²) in [6.45, 7) is 0. The minimum Gasteiger partial charge on any atom is -0.274 e. The Balaban J connectivity index is 0. The second-order valence-corrected chi connectivity index (χ2v) is 0.250. The van der Waals surface area contributed by atoms with E-state index in [1.807, 2.05) is 0 Å².